The monoisotopic (exact) mass is 287 g/mol. The third-order valence-electron chi connectivity index (χ3n) is 1.97. The van der Waals surface area contributed by atoms with Crippen LogP contribution in [0.2, 0.25) is 0 Å². The van der Waals surface area contributed by atoms with Gasteiger partial charge in [-0.3, -0.25) is 0 Å². The summed E-state index contributed by atoms with van der Waals surface area (Å²) in [5, 5.41) is 8.38. The number of hydrogen-bond donors (Lipinski definition) is 0. The quantitative estimate of drug-likeness (QED) is 0.858. The predicted molar refractivity (Wildman–Crippen MR) is 61.2 cm³/mol. The van der Waals surface area contributed by atoms with Gasteiger partial charge in [-0.2, -0.15) is 5.26 Å². The van der Waals surface area contributed by atoms with E-state index in [2.05, 4.69) is 15.9 Å². The summed E-state index contributed by atoms with van der Waals surface area (Å²) in [6, 6.07) is 6.94. The maximum Gasteiger partial charge on any atom is 0.179 e. The minimum Gasteiger partial charge on any atom is -0.224 e. The Kier molecular flexibility index (Phi) is 3.89. The van der Waals surface area contributed by atoms with Crippen LogP contribution in [0.3, 0.4) is 0 Å². The molecule has 1 aromatic rings. The van der Waals surface area contributed by atoms with Crippen LogP contribution >= 0.6 is 15.9 Å². The summed E-state index contributed by atoms with van der Waals surface area (Å²) in [5.74, 6) is -0.124. The van der Waals surface area contributed by atoms with E-state index in [1.807, 2.05) is 6.07 Å². The van der Waals surface area contributed by atoms with Gasteiger partial charge in [0.2, 0.25) is 0 Å². The number of nitrogens with zero attached hydrogens (tertiary/aromatic N) is 1. The topological polar surface area (TPSA) is 57.9 Å². The number of sulfone groups is 1. The second kappa shape index (κ2) is 4.77. The lowest BCUT2D eigenvalue weighted by molar-refractivity contribution is 0.595. The van der Waals surface area contributed by atoms with Crippen molar-refractivity contribution in [1.29, 1.82) is 5.26 Å². The predicted octanol–water partition coefficient (Wildman–Crippen LogP) is 2.44. The molecule has 0 aliphatic carbocycles. The number of halogens is 1. The van der Waals surface area contributed by atoms with Crippen LogP contribution in [0.1, 0.15) is 12.0 Å². The Bertz CT molecular complexity index is 503. The molecule has 0 saturated heterocycles. The highest BCUT2D eigenvalue weighted by Crippen LogP contribution is 2.21. The summed E-state index contributed by atoms with van der Waals surface area (Å²) in [6.07, 6.45) is 0.0221. The fourth-order valence-corrected chi connectivity index (χ4v) is 3.16. The second-order valence-electron chi connectivity index (χ2n) is 3.14. The van der Waals surface area contributed by atoms with Gasteiger partial charge in [0.1, 0.15) is 0 Å². The van der Waals surface area contributed by atoms with Gasteiger partial charge < -0.3 is 0 Å². The van der Waals surface area contributed by atoms with Crippen LogP contribution in [0, 0.1) is 18.3 Å². The molecule has 0 N–H and O–H groups in total. The van der Waals surface area contributed by atoms with Gasteiger partial charge in [-0.05, 0) is 24.6 Å². The molecule has 0 atom stereocenters. The minimum absolute atomic E-state index is 0.0221. The molecule has 0 heterocycles. The van der Waals surface area contributed by atoms with Crippen LogP contribution in [0.4, 0.5) is 0 Å². The Labute approximate surface area is 97.8 Å². The van der Waals surface area contributed by atoms with Gasteiger partial charge in [0.15, 0.2) is 9.84 Å². The Morgan fingerprint density at radius 2 is 2.13 bits per heavy atom. The molecule has 0 spiro atoms. The zero-order valence-electron chi connectivity index (χ0n) is 8.20. The normalized spacial score (nSPS) is 11.0. The molecule has 1 rings (SSSR count). The number of benzene rings is 1. The van der Waals surface area contributed by atoms with Crippen molar-refractivity contribution in [2.45, 2.75) is 18.2 Å². The summed E-state index contributed by atoms with van der Waals surface area (Å²) in [5.41, 5.74) is 0.705. The largest absolute Gasteiger partial charge is 0.224 e. The second-order valence-corrected chi connectivity index (χ2v) is 6.13. The van der Waals surface area contributed by atoms with Gasteiger partial charge in [0.25, 0.3) is 0 Å². The third kappa shape index (κ3) is 3.05. The molecule has 0 bridgehead atoms. The molecule has 0 fully saturated rings. The minimum atomic E-state index is -3.33. The number of aryl methyl sites for hydroxylation is 1. The smallest absolute Gasteiger partial charge is 0.179 e. The average Bonchev–Trinajstić information content (AvgIpc) is 2.18. The van der Waals surface area contributed by atoms with Crippen molar-refractivity contribution < 1.29 is 8.42 Å². The van der Waals surface area contributed by atoms with Crippen molar-refractivity contribution in [1.82, 2.24) is 0 Å². The number of nitriles is 1. The highest BCUT2D eigenvalue weighted by Gasteiger charge is 2.16. The summed E-state index contributed by atoms with van der Waals surface area (Å²) in [7, 11) is -3.33. The van der Waals surface area contributed by atoms with Crippen molar-refractivity contribution in [3.05, 3.63) is 28.2 Å². The van der Waals surface area contributed by atoms with E-state index >= 15 is 0 Å². The molecule has 15 heavy (non-hydrogen) atoms. The first-order chi connectivity index (χ1) is 6.97. The average molecular weight is 288 g/mol. The highest BCUT2D eigenvalue weighted by atomic mass is 79.9. The molecule has 5 heteroatoms. The van der Waals surface area contributed by atoms with Crippen LogP contribution in [0.5, 0.6) is 0 Å². The van der Waals surface area contributed by atoms with Crippen molar-refractivity contribution in [3.63, 3.8) is 0 Å². The van der Waals surface area contributed by atoms with E-state index < -0.39 is 9.84 Å². The maximum atomic E-state index is 11.8. The van der Waals surface area contributed by atoms with Gasteiger partial charge in [-0.1, -0.05) is 22.0 Å². The molecule has 80 valence electrons. The van der Waals surface area contributed by atoms with E-state index in [1.54, 1.807) is 25.1 Å². The lowest BCUT2D eigenvalue weighted by Gasteiger charge is -2.06. The molecule has 3 nitrogen and oxygen atoms in total. The van der Waals surface area contributed by atoms with Crippen molar-refractivity contribution >= 4 is 25.8 Å². The van der Waals surface area contributed by atoms with E-state index in [4.69, 9.17) is 5.26 Å². The van der Waals surface area contributed by atoms with Gasteiger partial charge in [-0.25, -0.2) is 8.42 Å². The van der Waals surface area contributed by atoms with Crippen LogP contribution < -0.4 is 0 Å². The van der Waals surface area contributed by atoms with Gasteiger partial charge in [0.05, 0.1) is 16.7 Å². The third-order valence-corrected chi connectivity index (χ3v) is 4.31. The number of hydrogen-bond acceptors (Lipinski definition) is 3. The SMILES string of the molecule is Cc1ccc(Br)cc1S(=O)(=O)CCC#N. The zero-order chi connectivity index (χ0) is 11.5. The van der Waals surface area contributed by atoms with E-state index in [1.165, 1.54) is 0 Å². The first kappa shape index (κ1) is 12.2. The van der Waals surface area contributed by atoms with Gasteiger partial charge in [-0.15, -0.1) is 0 Å². The lowest BCUT2D eigenvalue weighted by Crippen LogP contribution is -2.08. The van der Waals surface area contributed by atoms with Gasteiger partial charge >= 0.3 is 0 Å². The standard InChI is InChI=1S/C10H10BrNO2S/c1-8-3-4-9(11)7-10(8)15(13,14)6-2-5-12/h3-4,7H,2,6H2,1H3. The summed E-state index contributed by atoms with van der Waals surface area (Å²) < 4.78 is 24.3. The van der Waals surface area contributed by atoms with E-state index in [-0.39, 0.29) is 12.2 Å². The summed E-state index contributed by atoms with van der Waals surface area (Å²) >= 11 is 3.23. The molecular formula is C10H10BrNO2S. The number of rotatable bonds is 3. The first-order valence-corrected chi connectivity index (χ1v) is 6.78. The molecule has 0 saturated carbocycles. The van der Waals surface area contributed by atoms with Crippen LogP contribution in [-0.2, 0) is 9.84 Å². The van der Waals surface area contributed by atoms with Crippen LogP contribution in [-0.4, -0.2) is 14.2 Å². The van der Waals surface area contributed by atoms with Crippen molar-refractivity contribution in [2.24, 2.45) is 0 Å². The van der Waals surface area contributed by atoms with Crippen LogP contribution in [0.25, 0.3) is 0 Å². The van der Waals surface area contributed by atoms with E-state index in [0.717, 1.165) is 4.47 Å². The zero-order valence-corrected chi connectivity index (χ0v) is 10.6. The van der Waals surface area contributed by atoms with Crippen LogP contribution in [0.15, 0.2) is 27.6 Å². The van der Waals surface area contributed by atoms with Gasteiger partial charge in [0, 0.05) is 10.9 Å². The van der Waals surface area contributed by atoms with Crippen molar-refractivity contribution in [2.75, 3.05) is 5.75 Å². The van der Waals surface area contributed by atoms with E-state index in [9.17, 15) is 8.42 Å². The molecule has 0 radical (unpaired) electrons. The Morgan fingerprint density at radius 3 is 2.73 bits per heavy atom. The lowest BCUT2D eigenvalue weighted by atomic mass is 10.2. The molecule has 0 unspecified atom stereocenters. The maximum absolute atomic E-state index is 11.8. The fraction of sp³-hybridized carbons (Fsp3) is 0.300. The highest BCUT2D eigenvalue weighted by molar-refractivity contribution is 9.10. The Balaban J connectivity index is 3.16. The Hall–Kier alpha value is -0.860. The molecule has 0 aromatic heterocycles. The Morgan fingerprint density at radius 1 is 1.47 bits per heavy atom. The first-order valence-electron chi connectivity index (χ1n) is 4.33. The summed E-state index contributed by atoms with van der Waals surface area (Å²) in [6.45, 7) is 1.74. The molecular weight excluding hydrogens is 278 g/mol. The molecule has 0 aliphatic rings. The summed E-state index contributed by atoms with van der Waals surface area (Å²) in [4.78, 5) is 0.298. The van der Waals surface area contributed by atoms with Crippen molar-refractivity contribution in [3.8, 4) is 6.07 Å². The van der Waals surface area contributed by atoms with E-state index in [0.29, 0.717) is 10.5 Å². The fourth-order valence-electron chi connectivity index (χ4n) is 1.20. The molecule has 0 aliphatic heterocycles. The molecule has 0 amide bonds. The molecule has 1 aromatic carbocycles.